The largest absolute Gasteiger partial charge is 0.444 e. The normalized spacial score (nSPS) is 32.2. The summed E-state index contributed by atoms with van der Waals surface area (Å²) in [6, 6.07) is 0. The van der Waals surface area contributed by atoms with Gasteiger partial charge in [0.25, 0.3) is 0 Å². The van der Waals surface area contributed by atoms with Crippen LogP contribution in [0.5, 0.6) is 0 Å². The van der Waals surface area contributed by atoms with E-state index in [4.69, 9.17) is 14.6 Å². The molecule has 0 unspecified atom stereocenters. The summed E-state index contributed by atoms with van der Waals surface area (Å²) >= 11 is 0. The molecule has 1 amide bonds. The highest BCUT2D eigenvalue weighted by Gasteiger charge is 2.47. The minimum atomic E-state index is -0.461. The van der Waals surface area contributed by atoms with Crippen molar-refractivity contribution in [3.05, 3.63) is 0 Å². The third-order valence-electron chi connectivity index (χ3n) is 3.51. The molecule has 5 nitrogen and oxygen atoms in total. The van der Waals surface area contributed by atoms with Crippen molar-refractivity contribution < 1.29 is 19.4 Å². The van der Waals surface area contributed by atoms with Gasteiger partial charge in [-0.1, -0.05) is 0 Å². The minimum absolute atomic E-state index is 0.0637. The predicted molar refractivity (Wildman–Crippen MR) is 66.3 cm³/mol. The molecule has 2 heterocycles. The van der Waals surface area contributed by atoms with Crippen LogP contribution in [0.15, 0.2) is 0 Å². The van der Waals surface area contributed by atoms with Gasteiger partial charge in [0.05, 0.1) is 24.9 Å². The fourth-order valence-electron chi connectivity index (χ4n) is 2.65. The van der Waals surface area contributed by atoms with Gasteiger partial charge in [-0.3, -0.25) is 0 Å². The molecule has 0 bridgehead atoms. The standard InChI is InChI=1S/C13H23NO4/c1-12(2,3)18-11(16)14-7-6-13(9-14)5-4-10(8-15)17-13/h10,15H,4-9H2,1-3H3/t10-,13+/m1/s1. The second kappa shape index (κ2) is 4.70. The zero-order valence-corrected chi connectivity index (χ0v) is 11.4. The number of rotatable bonds is 1. The van der Waals surface area contributed by atoms with Crippen LogP contribution in [0.1, 0.15) is 40.0 Å². The summed E-state index contributed by atoms with van der Waals surface area (Å²) in [4.78, 5) is 13.7. The maximum absolute atomic E-state index is 12.0. The molecular weight excluding hydrogens is 234 g/mol. The molecule has 0 aliphatic carbocycles. The zero-order chi connectivity index (χ0) is 13.4. The number of ether oxygens (including phenoxy) is 2. The SMILES string of the molecule is CC(C)(C)OC(=O)N1CC[C@@]2(CC[C@H](CO)O2)C1. The smallest absolute Gasteiger partial charge is 0.410 e. The van der Waals surface area contributed by atoms with Gasteiger partial charge in [0.1, 0.15) is 5.60 Å². The van der Waals surface area contributed by atoms with Crippen molar-refractivity contribution in [1.82, 2.24) is 4.90 Å². The summed E-state index contributed by atoms with van der Waals surface area (Å²) in [6.45, 7) is 6.92. The molecule has 2 atom stereocenters. The predicted octanol–water partition coefficient (Wildman–Crippen LogP) is 1.54. The average Bonchev–Trinajstić information content (AvgIpc) is 2.84. The van der Waals surface area contributed by atoms with E-state index in [1.807, 2.05) is 20.8 Å². The first-order valence-electron chi connectivity index (χ1n) is 6.60. The van der Waals surface area contributed by atoms with Crippen LogP contribution in [0.25, 0.3) is 0 Å². The minimum Gasteiger partial charge on any atom is -0.444 e. The van der Waals surface area contributed by atoms with E-state index in [1.54, 1.807) is 4.90 Å². The molecule has 1 N–H and O–H groups in total. The molecule has 2 fully saturated rings. The van der Waals surface area contributed by atoms with E-state index in [9.17, 15) is 4.79 Å². The Hall–Kier alpha value is -0.810. The molecule has 0 aromatic carbocycles. The molecule has 0 aromatic rings. The van der Waals surface area contributed by atoms with Gasteiger partial charge in [-0.05, 0) is 40.0 Å². The van der Waals surface area contributed by atoms with E-state index in [-0.39, 0.29) is 24.4 Å². The lowest BCUT2D eigenvalue weighted by molar-refractivity contribution is -0.0533. The number of aliphatic hydroxyl groups excluding tert-OH is 1. The first-order valence-corrected chi connectivity index (χ1v) is 6.60. The Morgan fingerprint density at radius 3 is 2.78 bits per heavy atom. The second-order valence-corrected chi connectivity index (χ2v) is 6.30. The highest BCUT2D eigenvalue weighted by atomic mass is 16.6. The number of hydrogen-bond acceptors (Lipinski definition) is 4. The molecule has 0 radical (unpaired) electrons. The Balaban J connectivity index is 1.91. The number of carbonyl (C=O) groups is 1. The number of hydrogen-bond donors (Lipinski definition) is 1. The number of aliphatic hydroxyl groups is 1. The lowest BCUT2D eigenvalue weighted by Gasteiger charge is -2.27. The van der Waals surface area contributed by atoms with E-state index in [2.05, 4.69) is 0 Å². The van der Waals surface area contributed by atoms with Crippen LogP contribution in [-0.2, 0) is 9.47 Å². The molecular formula is C13H23NO4. The van der Waals surface area contributed by atoms with Crippen molar-refractivity contribution in [3.63, 3.8) is 0 Å². The fourth-order valence-corrected chi connectivity index (χ4v) is 2.65. The number of carbonyl (C=O) groups excluding carboxylic acids is 1. The van der Waals surface area contributed by atoms with Crippen LogP contribution in [-0.4, -0.2) is 53.1 Å². The van der Waals surface area contributed by atoms with Crippen LogP contribution < -0.4 is 0 Å². The van der Waals surface area contributed by atoms with E-state index >= 15 is 0 Å². The highest BCUT2D eigenvalue weighted by molar-refractivity contribution is 5.68. The van der Waals surface area contributed by atoms with E-state index in [0.29, 0.717) is 13.1 Å². The van der Waals surface area contributed by atoms with Crippen molar-refractivity contribution in [3.8, 4) is 0 Å². The van der Waals surface area contributed by atoms with Crippen LogP contribution >= 0.6 is 0 Å². The molecule has 18 heavy (non-hydrogen) atoms. The Morgan fingerprint density at radius 1 is 1.50 bits per heavy atom. The van der Waals surface area contributed by atoms with Crippen LogP contribution in [0.4, 0.5) is 4.79 Å². The van der Waals surface area contributed by atoms with E-state index in [0.717, 1.165) is 19.3 Å². The molecule has 104 valence electrons. The van der Waals surface area contributed by atoms with Crippen LogP contribution in [0.2, 0.25) is 0 Å². The molecule has 0 aromatic heterocycles. The lowest BCUT2D eigenvalue weighted by Crippen LogP contribution is -2.39. The summed E-state index contributed by atoms with van der Waals surface area (Å²) in [6.07, 6.45) is 2.29. The molecule has 2 saturated heterocycles. The first kappa shape index (κ1) is 13.6. The van der Waals surface area contributed by atoms with Gasteiger partial charge in [0.15, 0.2) is 0 Å². The molecule has 2 aliphatic rings. The van der Waals surface area contributed by atoms with Crippen molar-refractivity contribution >= 4 is 6.09 Å². The van der Waals surface area contributed by atoms with Crippen molar-refractivity contribution in [2.75, 3.05) is 19.7 Å². The Morgan fingerprint density at radius 2 is 2.22 bits per heavy atom. The molecule has 0 saturated carbocycles. The van der Waals surface area contributed by atoms with E-state index < -0.39 is 5.60 Å². The number of likely N-dealkylation sites (tertiary alicyclic amines) is 1. The summed E-state index contributed by atoms with van der Waals surface area (Å²) < 4.78 is 11.2. The Kier molecular flexibility index (Phi) is 3.56. The summed E-state index contributed by atoms with van der Waals surface area (Å²) in [7, 11) is 0. The van der Waals surface area contributed by atoms with Crippen LogP contribution in [0.3, 0.4) is 0 Å². The van der Waals surface area contributed by atoms with Gasteiger partial charge in [-0.2, -0.15) is 0 Å². The number of nitrogens with zero attached hydrogens (tertiary/aromatic N) is 1. The van der Waals surface area contributed by atoms with Gasteiger partial charge in [0.2, 0.25) is 0 Å². The third kappa shape index (κ3) is 2.95. The number of amides is 1. The van der Waals surface area contributed by atoms with Crippen molar-refractivity contribution in [1.29, 1.82) is 0 Å². The van der Waals surface area contributed by atoms with Gasteiger partial charge in [-0.15, -0.1) is 0 Å². The molecule has 5 heteroatoms. The maximum atomic E-state index is 12.0. The monoisotopic (exact) mass is 257 g/mol. The van der Waals surface area contributed by atoms with Gasteiger partial charge < -0.3 is 19.5 Å². The van der Waals surface area contributed by atoms with E-state index in [1.165, 1.54) is 0 Å². The highest BCUT2D eigenvalue weighted by Crippen LogP contribution is 2.38. The summed E-state index contributed by atoms with van der Waals surface area (Å²) in [5, 5.41) is 9.11. The average molecular weight is 257 g/mol. The molecule has 1 spiro atoms. The Labute approximate surface area is 108 Å². The summed E-state index contributed by atoms with van der Waals surface area (Å²) in [5.74, 6) is 0. The third-order valence-corrected chi connectivity index (χ3v) is 3.51. The first-order chi connectivity index (χ1) is 8.34. The lowest BCUT2D eigenvalue weighted by atomic mass is 9.99. The fraction of sp³-hybridized carbons (Fsp3) is 0.923. The van der Waals surface area contributed by atoms with Gasteiger partial charge >= 0.3 is 6.09 Å². The van der Waals surface area contributed by atoms with Crippen molar-refractivity contribution in [2.45, 2.75) is 57.3 Å². The van der Waals surface area contributed by atoms with Crippen LogP contribution in [0, 0.1) is 0 Å². The second-order valence-electron chi connectivity index (χ2n) is 6.30. The summed E-state index contributed by atoms with van der Waals surface area (Å²) in [5.41, 5.74) is -0.707. The van der Waals surface area contributed by atoms with Crippen molar-refractivity contribution in [2.24, 2.45) is 0 Å². The zero-order valence-electron chi connectivity index (χ0n) is 11.4. The molecule has 2 aliphatic heterocycles. The Bertz CT molecular complexity index is 325. The topological polar surface area (TPSA) is 59.0 Å². The van der Waals surface area contributed by atoms with Gasteiger partial charge in [0, 0.05) is 6.54 Å². The quantitative estimate of drug-likeness (QED) is 0.774. The van der Waals surface area contributed by atoms with Gasteiger partial charge in [-0.25, -0.2) is 4.79 Å². The molecule has 2 rings (SSSR count). The maximum Gasteiger partial charge on any atom is 0.410 e.